The van der Waals surface area contributed by atoms with Gasteiger partial charge in [-0.05, 0) is 144 Å². The highest BCUT2D eigenvalue weighted by molar-refractivity contribution is 5.99. The van der Waals surface area contributed by atoms with E-state index in [1.807, 2.05) is 48.5 Å². The zero-order valence-corrected chi connectivity index (χ0v) is 46.3. The summed E-state index contributed by atoms with van der Waals surface area (Å²) in [6, 6.07) is 48.5. The summed E-state index contributed by atoms with van der Waals surface area (Å²) in [6.07, 6.45) is -0.981. The van der Waals surface area contributed by atoms with Crippen LogP contribution < -0.4 is 44.6 Å². The number of amides is 3. The van der Waals surface area contributed by atoms with E-state index in [-0.39, 0.29) is 100 Å². The second-order valence-electron chi connectivity index (χ2n) is 21.6. The zero-order valence-electron chi connectivity index (χ0n) is 46.3. The van der Waals surface area contributed by atoms with Crippen molar-refractivity contribution in [3.63, 3.8) is 0 Å². The molecule has 0 fully saturated rings. The molecule has 13 N–H and O–H groups in total. The number of rotatable bonds is 27. The standard InChI is InChI=1S/C68H70N8O7/c69-55-21-9-43(10-22-55)33-51(62(77)39-52(34-44-11-23-56(70)24-12-44)64(79)41-54(68(74)83)36-46-15-27-58(72)28-16-46)38-63(78)53(35-45-13-25-57(71)26-14-45)40-65(80)60(37-47-17-29-59(73)30-18-47)75-66(81)31-32-67(82)76-42-50-7-2-1-5-48(50)19-20-49-6-3-4-8-61(49)76/h1-18,21-30,51-54,60H,31-42,69-73H2,(H2,74,83)(H,75,81). The van der Waals surface area contributed by atoms with Gasteiger partial charge in [-0.25, -0.2) is 0 Å². The summed E-state index contributed by atoms with van der Waals surface area (Å²) in [7, 11) is 0. The molecule has 8 rings (SSSR count). The summed E-state index contributed by atoms with van der Waals surface area (Å²) in [5, 5.41) is 2.92. The minimum Gasteiger partial charge on any atom is -0.399 e. The quantitative estimate of drug-likeness (QED) is 0.0190. The maximum absolute atomic E-state index is 15.2. The molecule has 3 amide bonds. The number of hydrogen-bond acceptors (Lipinski definition) is 12. The van der Waals surface area contributed by atoms with Gasteiger partial charge in [0.2, 0.25) is 17.7 Å². The number of para-hydroxylation sites is 1. The van der Waals surface area contributed by atoms with Crippen molar-refractivity contribution in [2.24, 2.45) is 29.4 Å². The molecule has 0 aromatic heterocycles. The first-order valence-corrected chi connectivity index (χ1v) is 27.8. The molecule has 5 unspecified atom stereocenters. The van der Waals surface area contributed by atoms with Crippen LogP contribution in [0.3, 0.4) is 0 Å². The lowest BCUT2D eigenvalue weighted by atomic mass is 9.78. The zero-order chi connectivity index (χ0) is 59.0. The molecule has 83 heavy (non-hydrogen) atoms. The number of carbonyl (C=O) groups is 7. The lowest BCUT2D eigenvalue weighted by molar-refractivity contribution is -0.134. The summed E-state index contributed by atoms with van der Waals surface area (Å²) >= 11 is 0. The van der Waals surface area contributed by atoms with Crippen molar-refractivity contribution in [1.82, 2.24) is 5.32 Å². The van der Waals surface area contributed by atoms with E-state index in [4.69, 9.17) is 34.4 Å². The van der Waals surface area contributed by atoms with E-state index in [1.165, 1.54) is 0 Å². The lowest BCUT2D eigenvalue weighted by Gasteiger charge is -2.26. The smallest absolute Gasteiger partial charge is 0.227 e. The van der Waals surface area contributed by atoms with Crippen molar-refractivity contribution in [2.45, 2.75) is 83.2 Å². The van der Waals surface area contributed by atoms with Crippen molar-refractivity contribution in [2.75, 3.05) is 33.6 Å². The number of benzene rings is 7. The number of nitrogens with two attached hydrogens (primary N) is 6. The van der Waals surface area contributed by atoms with Crippen molar-refractivity contribution < 1.29 is 33.6 Å². The van der Waals surface area contributed by atoms with Gasteiger partial charge >= 0.3 is 0 Å². The summed E-state index contributed by atoms with van der Waals surface area (Å²) in [4.78, 5) is 103. The number of primary amides is 1. The van der Waals surface area contributed by atoms with Crippen LogP contribution in [0, 0.1) is 35.5 Å². The summed E-state index contributed by atoms with van der Waals surface area (Å²) in [5.74, 6) is -0.411. The second kappa shape index (κ2) is 28.1. The Balaban J connectivity index is 1.05. The lowest BCUT2D eigenvalue weighted by Crippen LogP contribution is -2.44. The molecule has 1 aliphatic heterocycles. The van der Waals surface area contributed by atoms with E-state index < -0.39 is 47.3 Å². The molecular formula is C68H70N8O7. The minimum atomic E-state index is -1.14. The molecule has 7 aromatic rings. The number of anilines is 6. The number of hydrogen-bond donors (Lipinski definition) is 7. The molecule has 5 atom stereocenters. The molecule has 0 spiro atoms. The normalized spacial score (nSPS) is 13.4. The second-order valence-corrected chi connectivity index (χ2v) is 21.6. The van der Waals surface area contributed by atoms with Crippen LogP contribution >= 0.6 is 0 Å². The molecule has 0 bridgehead atoms. The number of ketones is 4. The number of nitrogens with zero attached hydrogens (tertiary/aromatic N) is 1. The van der Waals surface area contributed by atoms with Gasteiger partial charge in [-0.1, -0.05) is 103 Å². The van der Waals surface area contributed by atoms with Crippen LogP contribution in [0.15, 0.2) is 170 Å². The Labute approximate surface area is 484 Å². The first-order valence-electron chi connectivity index (χ1n) is 27.8. The summed E-state index contributed by atoms with van der Waals surface area (Å²) in [6.45, 7) is 0.238. The van der Waals surface area contributed by atoms with Crippen LogP contribution in [-0.4, -0.2) is 46.9 Å². The molecule has 15 heteroatoms. The van der Waals surface area contributed by atoms with Gasteiger partial charge in [0.05, 0.1) is 18.3 Å². The summed E-state index contributed by atoms with van der Waals surface area (Å²) in [5.41, 5.74) is 45.2. The Bertz CT molecular complexity index is 3520. The van der Waals surface area contributed by atoms with E-state index in [2.05, 4.69) is 17.2 Å². The third-order valence-electron chi connectivity index (χ3n) is 15.3. The van der Waals surface area contributed by atoms with Gasteiger partial charge in [0.15, 0.2) is 5.78 Å². The third kappa shape index (κ3) is 17.1. The van der Waals surface area contributed by atoms with Crippen LogP contribution in [0.1, 0.15) is 83.0 Å². The minimum absolute atomic E-state index is 0.0504. The Kier molecular flexibility index (Phi) is 20.1. The molecule has 1 heterocycles. The fraction of sp³-hybridized carbons (Fsp3) is 0.250. The highest BCUT2D eigenvalue weighted by Crippen LogP contribution is 2.30. The summed E-state index contributed by atoms with van der Waals surface area (Å²) < 4.78 is 0. The first-order chi connectivity index (χ1) is 39.9. The third-order valence-corrected chi connectivity index (χ3v) is 15.3. The Morgan fingerprint density at radius 1 is 0.410 bits per heavy atom. The van der Waals surface area contributed by atoms with Crippen molar-refractivity contribution in [3.8, 4) is 11.8 Å². The Hall–Kier alpha value is -9.81. The van der Waals surface area contributed by atoms with Crippen LogP contribution in [0.4, 0.5) is 34.1 Å². The molecular weight excluding hydrogens is 1040 g/mol. The SMILES string of the molecule is NC(=O)C(CC(=O)C(CC(=O)C(CC(=O)C(CC(=O)C(Cc1ccc(N)cc1)NC(=O)CCC(=O)N1Cc2ccccc2C#Cc2ccccc21)Cc1ccc(N)cc1)Cc1ccc(N)cc1)Cc1ccc(N)cc1)Cc1ccc(N)cc1. The van der Waals surface area contributed by atoms with Gasteiger partial charge < -0.3 is 44.6 Å². The topological polar surface area (TPSA) is 291 Å². The number of Topliss-reactive ketones (excluding diaryl/α,β-unsaturated/α-hetero) is 4. The fourth-order valence-electron chi connectivity index (χ4n) is 10.5. The Morgan fingerprint density at radius 3 is 1.19 bits per heavy atom. The molecule has 0 radical (unpaired) electrons. The van der Waals surface area contributed by atoms with Gasteiger partial charge in [-0.3, -0.25) is 33.6 Å². The van der Waals surface area contributed by atoms with Crippen molar-refractivity contribution in [1.29, 1.82) is 0 Å². The monoisotopic (exact) mass is 1110 g/mol. The van der Waals surface area contributed by atoms with Crippen LogP contribution in [0.25, 0.3) is 0 Å². The van der Waals surface area contributed by atoms with Gasteiger partial charge in [0, 0.05) is 102 Å². The predicted octanol–water partition coefficient (Wildman–Crippen LogP) is 8.11. The van der Waals surface area contributed by atoms with Crippen LogP contribution in [0.5, 0.6) is 0 Å². The average molecular weight is 1110 g/mol. The molecule has 1 aliphatic rings. The van der Waals surface area contributed by atoms with Gasteiger partial charge in [-0.15, -0.1) is 0 Å². The highest BCUT2D eigenvalue weighted by Gasteiger charge is 2.35. The molecule has 7 aromatic carbocycles. The molecule has 15 nitrogen and oxygen atoms in total. The Morgan fingerprint density at radius 2 is 0.759 bits per heavy atom. The molecule has 0 saturated carbocycles. The number of fused-ring (bicyclic) bond motifs is 2. The number of nitrogens with one attached hydrogen (secondary N) is 1. The number of carbonyl (C=O) groups excluding carboxylic acids is 7. The predicted molar refractivity (Wildman–Crippen MR) is 326 cm³/mol. The van der Waals surface area contributed by atoms with Gasteiger partial charge in [0.25, 0.3) is 0 Å². The maximum Gasteiger partial charge on any atom is 0.227 e. The van der Waals surface area contributed by atoms with Gasteiger partial charge in [-0.2, -0.15) is 0 Å². The molecule has 0 saturated heterocycles. The highest BCUT2D eigenvalue weighted by atomic mass is 16.2. The van der Waals surface area contributed by atoms with E-state index in [1.54, 1.807) is 126 Å². The van der Waals surface area contributed by atoms with Crippen LogP contribution in [0.2, 0.25) is 0 Å². The fourth-order valence-corrected chi connectivity index (χ4v) is 10.5. The number of nitrogen functional groups attached to an aromatic ring is 5. The van der Waals surface area contributed by atoms with Gasteiger partial charge in [0.1, 0.15) is 17.3 Å². The largest absolute Gasteiger partial charge is 0.399 e. The molecule has 424 valence electrons. The van der Waals surface area contributed by atoms with E-state index >= 15 is 9.59 Å². The first kappa shape index (κ1) is 59.3. The van der Waals surface area contributed by atoms with E-state index in [0.717, 1.165) is 22.3 Å². The van der Waals surface area contributed by atoms with Crippen molar-refractivity contribution >= 4 is 75.0 Å². The average Bonchev–Trinajstić information content (AvgIpc) is 3.51. The van der Waals surface area contributed by atoms with E-state index in [0.29, 0.717) is 56.4 Å². The maximum atomic E-state index is 15.2. The molecule has 0 aliphatic carbocycles. The van der Waals surface area contributed by atoms with Crippen LogP contribution in [-0.2, 0) is 72.2 Å². The van der Waals surface area contributed by atoms with E-state index in [9.17, 15) is 24.0 Å². The van der Waals surface area contributed by atoms with Crippen molar-refractivity contribution in [3.05, 3.63) is 214 Å².